The van der Waals surface area contributed by atoms with Gasteiger partial charge < -0.3 is 10.6 Å². The van der Waals surface area contributed by atoms with Crippen molar-refractivity contribution in [3.63, 3.8) is 0 Å². The number of hydrogen-bond donors (Lipinski definition) is 1. The minimum absolute atomic E-state index is 0.217. The Balaban J connectivity index is 2.29. The molecule has 3 nitrogen and oxygen atoms in total. The maximum absolute atomic E-state index is 8.80. The van der Waals surface area contributed by atoms with E-state index < -0.39 is 0 Å². The zero-order valence-corrected chi connectivity index (χ0v) is 9.91. The summed E-state index contributed by atoms with van der Waals surface area (Å²) in [6.45, 7) is 3.06. The monoisotopic (exact) mass is 235 g/mol. The molecule has 2 rings (SSSR count). The topological polar surface area (TPSA) is 53.0 Å². The van der Waals surface area contributed by atoms with Crippen LogP contribution >= 0.6 is 11.6 Å². The summed E-state index contributed by atoms with van der Waals surface area (Å²) in [5.41, 5.74) is 7.53. The number of anilines is 1. The summed E-state index contributed by atoms with van der Waals surface area (Å²) in [4.78, 5) is 2.23. The van der Waals surface area contributed by atoms with E-state index in [1.807, 2.05) is 12.1 Å². The van der Waals surface area contributed by atoms with Crippen molar-refractivity contribution in [2.24, 2.45) is 5.73 Å². The number of benzene rings is 1. The van der Waals surface area contributed by atoms with Crippen molar-refractivity contribution in [3.8, 4) is 6.07 Å². The third kappa shape index (κ3) is 1.87. The molecule has 1 saturated heterocycles. The fourth-order valence-corrected chi connectivity index (χ4v) is 2.32. The molecule has 1 fully saturated rings. The van der Waals surface area contributed by atoms with Crippen molar-refractivity contribution in [2.75, 3.05) is 11.4 Å². The van der Waals surface area contributed by atoms with Crippen LogP contribution in [0.4, 0.5) is 5.69 Å². The Morgan fingerprint density at radius 3 is 2.81 bits per heavy atom. The molecular weight excluding hydrogens is 222 g/mol. The molecule has 16 heavy (non-hydrogen) atoms. The van der Waals surface area contributed by atoms with Gasteiger partial charge in [0.1, 0.15) is 6.07 Å². The molecule has 0 aromatic heterocycles. The maximum Gasteiger partial charge on any atom is 0.101 e. The van der Waals surface area contributed by atoms with Gasteiger partial charge in [0.15, 0.2) is 0 Å². The summed E-state index contributed by atoms with van der Waals surface area (Å²) in [6.07, 6.45) is 0.999. The van der Waals surface area contributed by atoms with Crippen LogP contribution in [0, 0.1) is 11.3 Å². The molecule has 0 aliphatic carbocycles. The standard InChI is InChI=1S/C12H14ClN3/c1-8-12(15)4-5-16(8)10-3-2-9(7-14)11(13)6-10/h2-3,6,8,12H,4-5,15H2,1H3/t8-,12?/m0/s1. The SMILES string of the molecule is C[C@H]1C(N)CCN1c1ccc(C#N)c(Cl)c1. The molecule has 4 heteroatoms. The fraction of sp³-hybridized carbons (Fsp3) is 0.417. The van der Waals surface area contributed by atoms with Gasteiger partial charge in [-0.2, -0.15) is 5.26 Å². The first kappa shape index (κ1) is 11.3. The van der Waals surface area contributed by atoms with Gasteiger partial charge in [-0.1, -0.05) is 11.6 Å². The number of halogens is 1. The zero-order valence-electron chi connectivity index (χ0n) is 9.15. The van der Waals surface area contributed by atoms with Crippen LogP contribution in [0.15, 0.2) is 18.2 Å². The average Bonchev–Trinajstić information content (AvgIpc) is 2.60. The highest BCUT2D eigenvalue weighted by molar-refractivity contribution is 6.32. The molecule has 1 aromatic carbocycles. The molecule has 0 amide bonds. The van der Waals surface area contributed by atoms with Crippen LogP contribution < -0.4 is 10.6 Å². The Morgan fingerprint density at radius 1 is 1.56 bits per heavy atom. The number of rotatable bonds is 1. The van der Waals surface area contributed by atoms with Crippen LogP contribution in [-0.2, 0) is 0 Å². The van der Waals surface area contributed by atoms with Gasteiger partial charge >= 0.3 is 0 Å². The molecule has 0 spiro atoms. The lowest BCUT2D eigenvalue weighted by atomic mass is 10.1. The third-order valence-electron chi connectivity index (χ3n) is 3.22. The van der Waals surface area contributed by atoms with Crippen LogP contribution in [0.3, 0.4) is 0 Å². The Bertz CT molecular complexity index is 438. The molecule has 1 aliphatic heterocycles. The first-order valence-electron chi connectivity index (χ1n) is 5.35. The second-order valence-electron chi connectivity index (χ2n) is 4.16. The Hall–Kier alpha value is -1.24. The van der Waals surface area contributed by atoms with Crippen molar-refractivity contribution in [2.45, 2.75) is 25.4 Å². The fourth-order valence-electron chi connectivity index (χ4n) is 2.10. The minimum atomic E-state index is 0.217. The maximum atomic E-state index is 8.80. The van der Waals surface area contributed by atoms with E-state index in [1.54, 1.807) is 6.07 Å². The summed E-state index contributed by atoms with van der Waals surface area (Å²) >= 11 is 6.01. The van der Waals surface area contributed by atoms with E-state index in [4.69, 9.17) is 22.6 Å². The Morgan fingerprint density at radius 2 is 2.31 bits per heavy atom. The Labute approximate surface area is 100 Å². The first-order valence-corrected chi connectivity index (χ1v) is 5.73. The van der Waals surface area contributed by atoms with E-state index in [1.165, 1.54) is 0 Å². The van der Waals surface area contributed by atoms with E-state index in [9.17, 15) is 0 Å². The molecule has 2 N–H and O–H groups in total. The summed E-state index contributed by atoms with van der Waals surface area (Å²) in [7, 11) is 0. The smallest absolute Gasteiger partial charge is 0.101 e. The van der Waals surface area contributed by atoms with Gasteiger partial charge in [-0.3, -0.25) is 0 Å². The lowest BCUT2D eigenvalue weighted by Crippen LogP contribution is -2.36. The largest absolute Gasteiger partial charge is 0.367 e. The predicted octanol–water partition coefficient (Wildman–Crippen LogP) is 2.14. The molecular formula is C12H14ClN3. The highest BCUT2D eigenvalue weighted by Gasteiger charge is 2.28. The van der Waals surface area contributed by atoms with E-state index in [-0.39, 0.29) is 6.04 Å². The second-order valence-corrected chi connectivity index (χ2v) is 4.57. The number of hydrogen-bond acceptors (Lipinski definition) is 3. The van der Waals surface area contributed by atoms with E-state index in [0.29, 0.717) is 16.6 Å². The molecule has 1 aliphatic rings. The van der Waals surface area contributed by atoms with E-state index in [0.717, 1.165) is 18.7 Å². The van der Waals surface area contributed by atoms with Gasteiger partial charge in [0, 0.05) is 24.3 Å². The van der Waals surface area contributed by atoms with Crippen LogP contribution in [0.25, 0.3) is 0 Å². The number of nitrogens with zero attached hydrogens (tertiary/aromatic N) is 2. The van der Waals surface area contributed by atoms with E-state index >= 15 is 0 Å². The quantitative estimate of drug-likeness (QED) is 0.812. The molecule has 0 saturated carbocycles. The molecule has 84 valence electrons. The van der Waals surface area contributed by atoms with Crippen molar-refractivity contribution in [3.05, 3.63) is 28.8 Å². The predicted molar refractivity (Wildman–Crippen MR) is 65.6 cm³/mol. The second kappa shape index (κ2) is 4.32. The van der Waals surface area contributed by atoms with E-state index in [2.05, 4.69) is 17.9 Å². The van der Waals surface area contributed by atoms with Crippen LogP contribution in [0.2, 0.25) is 5.02 Å². The molecule has 1 heterocycles. The van der Waals surface area contributed by atoms with Crippen molar-refractivity contribution in [1.82, 2.24) is 0 Å². The minimum Gasteiger partial charge on any atom is -0.367 e. The highest BCUT2D eigenvalue weighted by atomic mass is 35.5. The van der Waals surface area contributed by atoms with Crippen molar-refractivity contribution in [1.29, 1.82) is 5.26 Å². The number of nitriles is 1. The van der Waals surface area contributed by atoms with Gasteiger partial charge in [0.25, 0.3) is 0 Å². The van der Waals surface area contributed by atoms with Gasteiger partial charge in [0.05, 0.1) is 10.6 Å². The first-order chi connectivity index (χ1) is 7.63. The summed E-state index contributed by atoms with van der Waals surface area (Å²) in [5, 5.41) is 9.31. The summed E-state index contributed by atoms with van der Waals surface area (Å²) < 4.78 is 0. The molecule has 0 bridgehead atoms. The van der Waals surface area contributed by atoms with Crippen molar-refractivity contribution >= 4 is 17.3 Å². The van der Waals surface area contributed by atoms with Crippen LogP contribution in [0.1, 0.15) is 18.9 Å². The lowest BCUT2D eigenvalue weighted by Gasteiger charge is -2.25. The van der Waals surface area contributed by atoms with Gasteiger partial charge in [-0.25, -0.2) is 0 Å². The average molecular weight is 236 g/mol. The Kier molecular flexibility index (Phi) is 3.04. The highest BCUT2D eigenvalue weighted by Crippen LogP contribution is 2.28. The van der Waals surface area contributed by atoms with Crippen LogP contribution in [0.5, 0.6) is 0 Å². The third-order valence-corrected chi connectivity index (χ3v) is 3.53. The number of nitrogens with two attached hydrogens (primary N) is 1. The summed E-state index contributed by atoms with van der Waals surface area (Å²) in [5.74, 6) is 0. The molecule has 1 unspecified atom stereocenters. The molecule has 2 atom stereocenters. The zero-order chi connectivity index (χ0) is 11.7. The molecule has 1 aromatic rings. The van der Waals surface area contributed by atoms with Crippen molar-refractivity contribution < 1.29 is 0 Å². The lowest BCUT2D eigenvalue weighted by molar-refractivity contribution is 0.624. The summed E-state index contributed by atoms with van der Waals surface area (Å²) in [6, 6.07) is 8.13. The van der Waals surface area contributed by atoms with Crippen LogP contribution in [-0.4, -0.2) is 18.6 Å². The van der Waals surface area contributed by atoms with Gasteiger partial charge in [-0.05, 0) is 31.5 Å². The van der Waals surface area contributed by atoms with Gasteiger partial charge in [0.2, 0.25) is 0 Å². The molecule has 0 radical (unpaired) electrons. The van der Waals surface area contributed by atoms with Gasteiger partial charge in [-0.15, -0.1) is 0 Å². The normalized spacial score (nSPS) is 24.5.